The highest BCUT2D eigenvalue weighted by molar-refractivity contribution is 7.22. The zero-order valence-corrected chi connectivity index (χ0v) is 12.3. The van der Waals surface area contributed by atoms with E-state index in [0.717, 1.165) is 37.7 Å². The van der Waals surface area contributed by atoms with Gasteiger partial charge in [-0.1, -0.05) is 53.8 Å². The molecule has 4 nitrogen and oxygen atoms in total. The molecule has 22 heavy (non-hydrogen) atoms. The Morgan fingerprint density at radius 2 is 1.86 bits per heavy atom. The molecule has 2 aromatic carbocycles. The van der Waals surface area contributed by atoms with Gasteiger partial charge in [-0.2, -0.15) is 0 Å². The summed E-state index contributed by atoms with van der Waals surface area (Å²) in [4.78, 5) is 9.95. The second-order valence-electron chi connectivity index (χ2n) is 5.19. The van der Waals surface area contributed by atoms with E-state index in [-0.39, 0.29) is 0 Å². The standard InChI is InChI=1S/C17H10N4S/c18-15-11-7-4-8-13-14(11)16(20-15)21-12(9-19-17(21)22-13)10-5-2-1-3-6-10/h1-9,18H. The third-order valence-electron chi connectivity index (χ3n) is 3.93. The number of hydrogen-bond donors (Lipinski definition) is 1. The highest BCUT2D eigenvalue weighted by atomic mass is 32.1. The summed E-state index contributed by atoms with van der Waals surface area (Å²) in [6.07, 6.45) is 1.88. The van der Waals surface area contributed by atoms with E-state index >= 15 is 0 Å². The normalized spacial score (nSPS) is 11.8. The highest BCUT2D eigenvalue weighted by Crippen LogP contribution is 2.37. The van der Waals surface area contributed by atoms with Gasteiger partial charge in [0.2, 0.25) is 0 Å². The van der Waals surface area contributed by atoms with E-state index in [1.807, 2.05) is 36.5 Å². The van der Waals surface area contributed by atoms with Gasteiger partial charge in [-0.25, -0.2) is 9.97 Å². The van der Waals surface area contributed by atoms with Gasteiger partial charge in [-0.15, -0.1) is 0 Å². The molecule has 0 saturated heterocycles. The topological polar surface area (TPSA) is 54.0 Å². The van der Waals surface area contributed by atoms with Crippen molar-refractivity contribution in [3.8, 4) is 22.6 Å². The fraction of sp³-hybridized carbons (Fsp3) is 0. The maximum absolute atomic E-state index is 8.13. The maximum Gasteiger partial charge on any atom is 0.196 e. The molecule has 2 aliphatic heterocycles. The molecule has 3 aromatic rings. The zero-order chi connectivity index (χ0) is 14.7. The van der Waals surface area contributed by atoms with Gasteiger partial charge in [-0.05, 0) is 6.07 Å². The van der Waals surface area contributed by atoms with Gasteiger partial charge in [0.15, 0.2) is 16.3 Å². The Labute approximate surface area is 129 Å². The Morgan fingerprint density at radius 3 is 2.73 bits per heavy atom. The second-order valence-corrected chi connectivity index (χ2v) is 6.20. The van der Waals surface area contributed by atoms with Crippen LogP contribution < -0.4 is 5.49 Å². The summed E-state index contributed by atoms with van der Waals surface area (Å²) >= 11 is 1.63. The Balaban J connectivity index is 2.00. The van der Waals surface area contributed by atoms with Crippen LogP contribution in [-0.4, -0.2) is 14.4 Å². The summed E-state index contributed by atoms with van der Waals surface area (Å²) in [5, 5.41) is 9.03. The lowest BCUT2D eigenvalue weighted by Gasteiger charge is -2.08. The fourth-order valence-corrected chi connectivity index (χ4v) is 3.98. The van der Waals surface area contributed by atoms with Crippen LogP contribution in [0.25, 0.3) is 37.7 Å². The Kier molecular flexibility index (Phi) is 2.21. The lowest BCUT2D eigenvalue weighted by Crippen LogP contribution is -1.98. The average molecular weight is 302 g/mol. The second kappa shape index (κ2) is 4.11. The monoisotopic (exact) mass is 302 g/mol. The lowest BCUT2D eigenvalue weighted by molar-refractivity contribution is 1.09. The van der Waals surface area contributed by atoms with E-state index < -0.39 is 0 Å². The highest BCUT2D eigenvalue weighted by Gasteiger charge is 2.21. The first-order valence-electron chi connectivity index (χ1n) is 6.95. The summed E-state index contributed by atoms with van der Waals surface area (Å²) in [6.45, 7) is 0. The summed E-state index contributed by atoms with van der Waals surface area (Å²) in [7, 11) is 0. The molecule has 0 unspecified atom stereocenters. The molecule has 0 bridgehead atoms. The molecule has 0 atom stereocenters. The van der Waals surface area contributed by atoms with Gasteiger partial charge in [0.25, 0.3) is 0 Å². The Bertz CT molecular complexity index is 1140. The molecule has 5 rings (SSSR count). The molecule has 0 saturated carbocycles. The fourth-order valence-electron chi connectivity index (χ4n) is 2.95. The third kappa shape index (κ3) is 1.43. The lowest BCUT2D eigenvalue weighted by atomic mass is 10.1. The van der Waals surface area contributed by atoms with E-state index in [9.17, 15) is 0 Å². The number of rotatable bonds is 1. The Morgan fingerprint density at radius 1 is 1.00 bits per heavy atom. The minimum absolute atomic E-state index is 0.327. The van der Waals surface area contributed by atoms with Gasteiger partial charge in [-0.3, -0.25) is 9.81 Å². The van der Waals surface area contributed by atoms with Crippen molar-refractivity contribution in [2.75, 3.05) is 0 Å². The number of nitrogens with zero attached hydrogens (tertiary/aromatic N) is 3. The predicted octanol–water partition coefficient (Wildman–Crippen LogP) is 3.63. The minimum atomic E-state index is 0.327. The van der Waals surface area contributed by atoms with Gasteiger partial charge < -0.3 is 0 Å². The molecule has 1 aromatic heterocycles. The minimum Gasteiger partial charge on any atom is -0.282 e. The molecule has 0 amide bonds. The van der Waals surface area contributed by atoms with Crippen LogP contribution in [0, 0.1) is 5.41 Å². The van der Waals surface area contributed by atoms with Crippen LogP contribution >= 0.6 is 11.3 Å². The van der Waals surface area contributed by atoms with Crippen LogP contribution in [0.3, 0.4) is 0 Å². The van der Waals surface area contributed by atoms with E-state index in [1.54, 1.807) is 11.3 Å². The molecule has 3 heterocycles. The van der Waals surface area contributed by atoms with Crippen molar-refractivity contribution >= 4 is 26.4 Å². The molecule has 0 radical (unpaired) electrons. The summed E-state index contributed by atoms with van der Waals surface area (Å²) in [6, 6.07) is 16.2. The van der Waals surface area contributed by atoms with Crippen LogP contribution in [-0.2, 0) is 0 Å². The molecule has 0 spiro atoms. The number of benzene rings is 2. The SMILES string of the molecule is N=c1nc2n3c(-c4ccccc4)cnc3sc3cccc1c3-2. The van der Waals surface area contributed by atoms with Crippen molar-refractivity contribution in [3.05, 3.63) is 60.2 Å². The van der Waals surface area contributed by atoms with Crippen LogP contribution in [0.4, 0.5) is 0 Å². The van der Waals surface area contributed by atoms with Gasteiger partial charge in [0, 0.05) is 21.2 Å². The van der Waals surface area contributed by atoms with Crippen molar-refractivity contribution in [3.63, 3.8) is 0 Å². The Hall–Kier alpha value is -2.79. The molecule has 104 valence electrons. The summed E-state index contributed by atoms with van der Waals surface area (Å²) in [5.41, 5.74) is 3.49. The number of nitrogens with one attached hydrogen (secondary N) is 1. The molecule has 0 fully saturated rings. The van der Waals surface area contributed by atoms with Crippen molar-refractivity contribution in [2.24, 2.45) is 0 Å². The number of fused-ring (bicyclic) bond motifs is 2. The number of aromatic nitrogens is 3. The average Bonchev–Trinajstić information content (AvgIpc) is 3.12. The predicted molar refractivity (Wildman–Crippen MR) is 87.5 cm³/mol. The zero-order valence-electron chi connectivity index (χ0n) is 11.4. The molecular weight excluding hydrogens is 292 g/mol. The molecule has 0 aliphatic carbocycles. The van der Waals surface area contributed by atoms with Crippen LogP contribution in [0.1, 0.15) is 0 Å². The van der Waals surface area contributed by atoms with Crippen molar-refractivity contribution in [1.29, 1.82) is 5.41 Å². The summed E-state index contributed by atoms with van der Waals surface area (Å²) in [5.74, 6) is 0.820. The van der Waals surface area contributed by atoms with Gasteiger partial charge >= 0.3 is 0 Å². The number of hydrogen-bond acceptors (Lipinski definition) is 4. The smallest absolute Gasteiger partial charge is 0.196 e. The quantitative estimate of drug-likeness (QED) is 0.514. The van der Waals surface area contributed by atoms with E-state index in [2.05, 4.69) is 32.6 Å². The molecule has 2 aliphatic rings. The number of imidazole rings is 1. The van der Waals surface area contributed by atoms with Crippen LogP contribution in [0.15, 0.2) is 54.7 Å². The van der Waals surface area contributed by atoms with Crippen molar-refractivity contribution in [1.82, 2.24) is 14.4 Å². The largest absolute Gasteiger partial charge is 0.282 e. The van der Waals surface area contributed by atoms with E-state index in [1.165, 1.54) is 0 Å². The van der Waals surface area contributed by atoms with Crippen LogP contribution in [0.5, 0.6) is 0 Å². The summed E-state index contributed by atoms with van der Waals surface area (Å²) < 4.78 is 3.18. The van der Waals surface area contributed by atoms with E-state index in [0.29, 0.717) is 5.49 Å². The first kappa shape index (κ1) is 11.8. The third-order valence-corrected chi connectivity index (χ3v) is 4.97. The molecule has 5 heteroatoms. The maximum atomic E-state index is 8.13. The first-order valence-corrected chi connectivity index (χ1v) is 7.77. The van der Waals surface area contributed by atoms with E-state index in [4.69, 9.17) is 5.41 Å². The van der Waals surface area contributed by atoms with Crippen molar-refractivity contribution in [2.45, 2.75) is 0 Å². The van der Waals surface area contributed by atoms with Gasteiger partial charge in [0.1, 0.15) is 0 Å². The van der Waals surface area contributed by atoms with Crippen LogP contribution in [0.2, 0.25) is 0 Å². The van der Waals surface area contributed by atoms with Gasteiger partial charge in [0.05, 0.1) is 11.9 Å². The molecular formula is C17H10N4S. The molecule has 1 N–H and O–H groups in total. The van der Waals surface area contributed by atoms with Crippen molar-refractivity contribution < 1.29 is 0 Å². The first-order chi connectivity index (χ1) is 10.8.